The van der Waals surface area contributed by atoms with E-state index in [4.69, 9.17) is 0 Å². The average molecular weight is 410 g/mol. The minimum atomic E-state index is -3.57. The predicted molar refractivity (Wildman–Crippen MR) is 88.6 cm³/mol. The Bertz CT molecular complexity index is 439. The fourth-order valence-corrected chi connectivity index (χ4v) is 3.08. The Labute approximate surface area is 152 Å². The molecule has 0 heterocycles. The van der Waals surface area contributed by atoms with Crippen LogP contribution >= 0.6 is 24.4 Å². The van der Waals surface area contributed by atoms with Crippen molar-refractivity contribution in [2.45, 2.75) is 24.9 Å². The highest BCUT2D eigenvalue weighted by atomic mass is 32.2. The van der Waals surface area contributed by atoms with Crippen LogP contribution in [0.4, 0.5) is 17.6 Å². The third-order valence-electron chi connectivity index (χ3n) is 3.06. The van der Waals surface area contributed by atoms with Crippen molar-refractivity contribution in [2.75, 3.05) is 31.6 Å². The minimum absolute atomic E-state index is 0.118. The van der Waals surface area contributed by atoms with Crippen molar-refractivity contribution in [1.82, 2.24) is 5.32 Å². The number of carbonyl (C=O) groups excluding carboxylic acids is 2. The van der Waals surface area contributed by atoms with Gasteiger partial charge in [0.2, 0.25) is 0 Å². The van der Waals surface area contributed by atoms with Crippen molar-refractivity contribution in [1.29, 1.82) is 0 Å². The number of carbonyl (C=O) groups is 2. The molecule has 0 aromatic heterocycles. The summed E-state index contributed by atoms with van der Waals surface area (Å²) in [6.07, 6.45) is -1.78. The number of hydrogen-bond donors (Lipinski definition) is 3. The minimum Gasteiger partial charge on any atom is -0.469 e. The highest BCUT2D eigenvalue weighted by Gasteiger charge is 2.36. The van der Waals surface area contributed by atoms with E-state index in [-0.39, 0.29) is 17.4 Å². The van der Waals surface area contributed by atoms with Crippen LogP contribution in [0.15, 0.2) is 0 Å². The molecule has 3 N–H and O–H groups in total. The van der Waals surface area contributed by atoms with Gasteiger partial charge in [0, 0.05) is 30.2 Å². The summed E-state index contributed by atoms with van der Waals surface area (Å²) >= 11 is 4.63. The Kier molecular flexibility index (Phi) is 10.8. The number of thiol groups is 1. The van der Waals surface area contributed by atoms with Gasteiger partial charge in [-0.1, -0.05) is 0 Å². The van der Waals surface area contributed by atoms with Crippen molar-refractivity contribution >= 4 is 36.3 Å². The number of esters is 2. The Balaban J connectivity index is 4.46. The number of nitrogens with two attached hydrogens (primary N) is 1. The molecular formula is C13H22F4N2O4S2. The smallest absolute Gasteiger partial charge is 0.309 e. The lowest BCUT2D eigenvalue weighted by Crippen LogP contribution is -2.40. The summed E-state index contributed by atoms with van der Waals surface area (Å²) in [4.78, 5) is 22.7. The molecule has 2 atom stereocenters. The Morgan fingerprint density at radius 3 is 2.08 bits per heavy atom. The fraction of sp³-hybridized carbons (Fsp3) is 0.846. The number of rotatable bonds is 12. The zero-order valence-corrected chi connectivity index (χ0v) is 15.5. The van der Waals surface area contributed by atoms with Gasteiger partial charge in [-0.05, 0) is 0 Å². The van der Waals surface area contributed by atoms with Crippen LogP contribution in [0, 0.1) is 11.8 Å². The Morgan fingerprint density at radius 2 is 1.64 bits per heavy atom. The highest BCUT2D eigenvalue weighted by Crippen LogP contribution is 2.25. The Hall–Kier alpha value is -0.720. The highest BCUT2D eigenvalue weighted by molar-refractivity contribution is 7.99. The maximum absolute atomic E-state index is 13.8. The maximum Gasteiger partial charge on any atom is 0.309 e. The second-order valence-corrected chi connectivity index (χ2v) is 6.58. The lowest BCUT2D eigenvalue weighted by molar-refractivity contribution is -0.149. The van der Waals surface area contributed by atoms with E-state index in [0.29, 0.717) is 0 Å². The summed E-state index contributed by atoms with van der Waals surface area (Å²) in [7, 11) is 2.12. The second-order valence-electron chi connectivity index (χ2n) is 5.19. The number of halogens is 4. The van der Waals surface area contributed by atoms with Crippen LogP contribution in [0.2, 0.25) is 0 Å². The van der Waals surface area contributed by atoms with Gasteiger partial charge in [0.1, 0.15) is 0 Å². The normalized spacial score (nSPS) is 14.7. The topological polar surface area (TPSA) is 90.6 Å². The van der Waals surface area contributed by atoms with Crippen LogP contribution in [0.3, 0.4) is 0 Å². The molecule has 0 spiro atoms. The summed E-state index contributed by atoms with van der Waals surface area (Å²) in [6.45, 7) is 0. The molecule has 25 heavy (non-hydrogen) atoms. The molecule has 0 saturated heterocycles. The van der Waals surface area contributed by atoms with E-state index in [1.807, 2.05) is 5.32 Å². The number of methoxy groups -OCH3 is 2. The van der Waals surface area contributed by atoms with E-state index >= 15 is 0 Å². The molecule has 0 aromatic carbocycles. The Morgan fingerprint density at radius 1 is 1.12 bits per heavy atom. The molecule has 0 aliphatic heterocycles. The molecular weight excluding hydrogens is 388 g/mol. The SMILES string of the molecule is COC(=O)C(CSCNC(F)(F)CC(CS)C(=O)OC)CC(N)(F)F. The largest absolute Gasteiger partial charge is 0.469 e. The van der Waals surface area contributed by atoms with Gasteiger partial charge in [0.15, 0.2) is 0 Å². The van der Waals surface area contributed by atoms with Crippen LogP contribution in [-0.2, 0) is 19.1 Å². The van der Waals surface area contributed by atoms with Crippen LogP contribution in [-0.4, -0.2) is 55.6 Å². The molecule has 0 rings (SSSR count). The molecule has 0 radical (unpaired) electrons. The van der Waals surface area contributed by atoms with Crippen LogP contribution in [0.25, 0.3) is 0 Å². The molecule has 0 fully saturated rings. The summed E-state index contributed by atoms with van der Waals surface area (Å²) in [6, 6.07) is -6.97. The molecule has 12 heteroatoms. The molecule has 0 bridgehead atoms. The lowest BCUT2D eigenvalue weighted by atomic mass is 10.1. The van der Waals surface area contributed by atoms with Crippen molar-refractivity contribution in [3.8, 4) is 0 Å². The van der Waals surface area contributed by atoms with E-state index in [1.54, 1.807) is 0 Å². The first-order chi connectivity index (χ1) is 11.5. The van der Waals surface area contributed by atoms with E-state index in [2.05, 4.69) is 27.8 Å². The molecule has 0 amide bonds. The quantitative estimate of drug-likeness (QED) is 0.113. The van der Waals surface area contributed by atoms with Crippen molar-refractivity contribution in [3.05, 3.63) is 0 Å². The van der Waals surface area contributed by atoms with Gasteiger partial charge in [-0.15, -0.1) is 11.8 Å². The van der Waals surface area contributed by atoms with Gasteiger partial charge >= 0.3 is 24.0 Å². The van der Waals surface area contributed by atoms with Crippen LogP contribution < -0.4 is 11.1 Å². The zero-order chi connectivity index (χ0) is 19.7. The van der Waals surface area contributed by atoms with E-state index < -0.39 is 48.7 Å². The van der Waals surface area contributed by atoms with Gasteiger partial charge in [0.25, 0.3) is 0 Å². The molecule has 0 saturated carbocycles. The van der Waals surface area contributed by atoms with Crippen molar-refractivity contribution < 1.29 is 36.6 Å². The first-order valence-corrected chi connectivity index (χ1v) is 8.88. The van der Waals surface area contributed by atoms with E-state index in [0.717, 1.165) is 26.0 Å². The number of ether oxygens (including phenoxy) is 2. The van der Waals surface area contributed by atoms with E-state index in [1.165, 1.54) is 0 Å². The first kappa shape index (κ1) is 24.3. The number of alkyl halides is 4. The van der Waals surface area contributed by atoms with E-state index in [9.17, 15) is 27.2 Å². The van der Waals surface area contributed by atoms with Crippen molar-refractivity contribution in [2.24, 2.45) is 17.6 Å². The van der Waals surface area contributed by atoms with Gasteiger partial charge in [-0.3, -0.25) is 15.3 Å². The molecule has 0 aliphatic rings. The molecule has 0 aliphatic carbocycles. The number of nitrogens with one attached hydrogen (secondary N) is 1. The fourth-order valence-electron chi connectivity index (χ4n) is 1.83. The predicted octanol–water partition coefficient (Wildman–Crippen LogP) is 1.70. The average Bonchev–Trinajstić information content (AvgIpc) is 2.52. The molecule has 6 nitrogen and oxygen atoms in total. The molecule has 148 valence electrons. The number of thioether (sulfide) groups is 1. The second kappa shape index (κ2) is 11.1. The monoisotopic (exact) mass is 410 g/mol. The third-order valence-corrected chi connectivity index (χ3v) is 4.49. The van der Waals surface area contributed by atoms with Crippen LogP contribution in [0.5, 0.6) is 0 Å². The standard InChI is InChI=1S/C13H22F4N2O4S2/c1-22-10(20)8(5-24)4-13(16,17)19-7-25-6-9(11(21)23-2)3-12(14,15)18/h8-9,19,24H,3-7,18H2,1-2H3. The third kappa shape index (κ3) is 10.8. The lowest BCUT2D eigenvalue weighted by Gasteiger charge is -2.22. The summed E-state index contributed by atoms with van der Waals surface area (Å²) < 4.78 is 62.0. The summed E-state index contributed by atoms with van der Waals surface area (Å²) in [5.74, 6) is -4.67. The summed E-state index contributed by atoms with van der Waals surface area (Å²) in [5, 5.41) is 1.89. The van der Waals surface area contributed by atoms with Gasteiger partial charge in [-0.25, -0.2) is 5.32 Å². The van der Waals surface area contributed by atoms with Crippen LogP contribution in [0.1, 0.15) is 12.8 Å². The van der Waals surface area contributed by atoms with Crippen molar-refractivity contribution in [3.63, 3.8) is 0 Å². The summed E-state index contributed by atoms with van der Waals surface area (Å²) in [5.41, 5.74) is 4.58. The first-order valence-electron chi connectivity index (χ1n) is 7.09. The molecule has 2 unspecified atom stereocenters. The zero-order valence-electron chi connectivity index (χ0n) is 13.8. The maximum atomic E-state index is 13.8. The van der Waals surface area contributed by atoms with Gasteiger partial charge in [0.05, 0.1) is 26.1 Å². The number of hydrogen-bond acceptors (Lipinski definition) is 8. The van der Waals surface area contributed by atoms with Gasteiger partial charge < -0.3 is 9.47 Å². The van der Waals surface area contributed by atoms with Gasteiger partial charge in [-0.2, -0.15) is 30.2 Å². The molecule has 0 aromatic rings.